The van der Waals surface area contributed by atoms with Crippen LogP contribution in [0.1, 0.15) is 58.8 Å². The Bertz CT molecular complexity index is 244. The fourth-order valence-electron chi connectivity index (χ4n) is 3.09. The molecule has 1 saturated carbocycles. The first-order valence-electron chi connectivity index (χ1n) is 7.25. The largest absolute Gasteiger partial charge is 0.310 e. The van der Waals surface area contributed by atoms with E-state index in [1.54, 1.807) is 5.57 Å². The molecule has 1 nitrogen and oxygen atoms in total. The minimum atomic E-state index is 0.707. The number of hydrogen-bond donors (Lipinski definition) is 1. The quantitative estimate of drug-likeness (QED) is 0.710. The molecule has 0 heterocycles. The second-order valence-electron chi connectivity index (χ2n) is 5.64. The van der Waals surface area contributed by atoms with E-state index in [0.29, 0.717) is 6.04 Å². The van der Waals surface area contributed by atoms with Crippen molar-refractivity contribution >= 4 is 0 Å². The van der Waals surface area contributed by atoms with E-state index >= 15 is 0 Å². The van der Waals surface area contributed by atoms with Crippen molar-refractivity contribution in [2.75, 3.05) is 6.54 Å². The molecule has 0 aromatic carbocycles. The van der Waals surface area contributed by atoms with Crippen molar-refractivity contribution in [3.8, 4) is 0 Å². The van der Waals surface area contributed by atoms with Crippen LogP contribution in [0, 0.1) is 11.8 Å². The van der Waals surface area contributed by atoms with Crippen LogP contribution in [-0.2, 0) is 0 Å². The van der Waals surface area contributed by atoms with Gasteiger partial charge in [0.05, 0.1) is 0 Å². The third-order valence-electron chi connectivity index (χ3n) is 4.25. The highest BCUT2D eigenvalue weighted by Crippen LogP contribution is 2.43. The standard InChI is InChI=1S/C15H27N/c1-3-16-15(14-11-12(14)2)13-9-7-5-4-6-8-10-13/h9,12,14-16H,3-8,10-11H2,1-2H3. The summed E-state index contributed by atoms with van der Waals surface area (Å²) in [6.07, 6.45) is 12.4. The predicted octanol–water partition coefficient (Wildman–Crippen LogP) is 3.90. The molecule has 0 bridgehead atoms. The third-order valence-corrected chi connectivity index (χ3v) is 4.25. The molecule has 0 radical (unpaired) electrons. The topological polar surface area (TPSA) is 12.0 Å². The van der Waals surface area contributed by atoms with Gasteiger partial charge in [0.15, 0.2) is 0 Å². The van der Waals surface area contributed by atoms with E-state index in [2.05, 4.69) is 25.2 Å². The molecule has 3 atom stereocenters. The molecule has 3 unspecified atom stereocenters. The molecule has 16 heavy (non-hydrogen) atoms. The third kappa shape index (κ3) is 3.10. The van der Waals surface area contributed by atoms with Crippen molar-refractivity contribution in [2.24, 2.45) is 11.8 Å². The fourth-order valence-corrected chi connectivity index (χ4v) is 3.09. The summed E-state index contributed by atoms with van der Waals surface area (Å²) in [6.45, 7) is 5.76. The Balaban J connectivity index is 1.99. The number of hydrogen-bond acceptors (Lipinski definition) is 1. The average molecular weight is 221 g/mol. The van der Waals surface area contributed by atoms with Gasteiger partial charge in [0.2, 0.25) is 0 Å². The molecule has 1 fully saturated rings. The molecule has 0 saturated heterocycles. The van der Waals surface area contributed by atoms with Crippen molar-refractivity contribution < 1.29 is 0 Å². The zero-order valence-corrected chi connectivity index (χ0v) is 11.0. The van der Waals surface area contributed by atoms with Crippen LogP contribution in [0.4, 0.5) is 0 Å². The lowest BCUT2D eigenvalue weighted by Crippen LogP contribution is -2.33. The first-order valence-corrected chi connectivity index (χ1v) is 7.25. The van der Waals surface area contributed by atoms with Gasteiger partial charge in [-0.25, -0.2) is 0 Å². The van der Waals surface area contributed by atoms with Crippen LogP contribution >= 0.6 is 0 Å². The Kier molecular flexibility index (Phi) is 4.45. The van der Waals surface area contributed by atoms with E-state index in [0.717, 1.165) is 18.4 Å². The summed E-state index contributed by atoms with van der Waals surface area (Å²) >= 11 is 0. The summed E-state index contributed by atoms with van der Waals surface area (Å²) in [5, 5.41) is 3.72. The monoisotopic (exact) mass is 221 g/mol. The Labute approximate surface area is 101 Å². The van der Waals surface area contributed by atoms with E-state index < -0.39 is 0 Å². The molecule has 92 valence electrons. The zero-order valence-electron chi connectivity index (χ0n) is 11.0. The van der Waals surface area contributed by atoms with E-state index in [9.17, 15) is 0 Å². The average Bonchev–Trinajstić information content (AvgIpc) is 2.92. The molecule has 1 heteroatoms. The minimum Gasteiger partial charge on any atom is -0.310 e. The Morgan fingerprint density at radius 1 is 1.31 bits per heavy atom. The van der Waals surface area contributed by atoms with Crippen LogP contribution in [0.25, 0.3) is 0 Å². The second-order valence-corrected chi connectivity index (χ2v) is 5.64. The van der Waals surface area contributed by atoms with Gasteiger partial charge in [0, 0.05) is 6.04 Å². The number of rotatable bonds is 4. The molecule has 2 rings (SSSR count). The smallest absolute Gasteiger partial charge is 0.0310 e. The van der Waals surface area contributed by atoms with Crippen LogP contribution in [0.3, 0.4) is 0 Å². The molecule has 2 aliphatic carbocycles. The van der Waals surface area contributed by atoms with Gasteiger partial charge in [-0.3, -0.25) is 0 Å². The predicted molar refractivity (Wildman–Crippen MR) is 70.5 cm³/mol. The van der Waals surface area contributed by atoms with E-state index in [4.69, 9.17) is 0 Å². The van der Waals surface area contributed by atoms with Crippen molar-refractivity contribution in [1.82, 2.24) is 5.32 Å². The van der Waals surface area contributed by atoms with Crippen molar-refractivity contribution in [1.29, 1.82) is 0 Å². The maximum Gasteiger partial charge on any atom is 0.0310 e. The fraction of sp³-hybridized carbons (Fsp3) is 0.867. The summed E-state index contributed by atoms with van der Waals surface area (Å²) in [5.41, 5.74) is 1.73. The van der Waals surface area contributed by atoms with E-state index in [1.165, 1.54) is 44.9 Å². The van der Waals surface area contributed by atoms with E-state index in [1.807, 2.05) is 0 Å². The summed E-state index contributed by atoms with van der Waals surface area (Å²) in [6, 6.07) is 0.707. The number of allylic oxidation sites excluding steroid dienone is 1. The molecule has 2 aliphatic rings. The number of likely N-dealkylation sites (N-methyl/N-ethyl adjacent to an activating group) is 1. The van der Waals surface area contributed by atoms with Gasteiger partial charge in [0.25, 0.3) is 0 Å². The highest BCUT2D eigenvalue weighted by molar-refractivity contribution is 5.17. The summed E-state index contributed by atoms with van der Waals surface area (Å²) in [4.78, 5) is 0. The van der Waals surface area contributed by atoms with Gasteiger partial charge >= 0.3 is 0 Å². The summed E-state index contributed by atoms with van der Waals surface area (Å²) < 4.78 is 0. The van der Waals surface area contributed by atoms with Crippen LogP contribution in [-0.4, -0.2) is 12.6 Å². The van der Waals surface area contributed by atoms with Crippen molar-refractivity contribution in [3.63, 3.8) is 0 Å². The second kappa shape index (κ2) is 5.86. The lowest BCUT2D eigenvalue weighted by Gasteiger charge is -2.23. The van der Waals surface area contributed by atoms with Gasteiger partial charge in [-0.05, 0) is 50.5 Å². The molecule has 1 N–H and O–H groups in total. The Hall–Kier alpha value is -0.300. The van der Waals surface area contributed by atoms with Gasteiger partial charge in [0.1, 0.15) is 0 Å². The van der Waals surface area contributed by atoms with E-state index in [-0.39, 0.29) is 0 Å². The van der Waals surface area contributed by atoms with Gasteiger partial charge in [-0.2, -0.15) is 0 Å². The Morgan fingerprint density at radius 3 is 2.75 bits per heavy atom. The van der Waals surface area contributed by atoms with Gasteiger partial charge in [-0.15, -0.1) is 0 Å². The maximum absolute atomic E-state index is 3.72. The lowest BCUT2D eigenvalue weighted by atomic mass is 9.92. The summed E-state index contributed by atoms with van der Waals surface area (Å²) in [5.74, 6) is 1.89. The highest BCUT2D eigenvalue weighted by Gasteiger charge is 2.40. The maximum atomic E-state index is 3.72. The molecule has 0 aromatic rings. The molecule has 0 amide bonds. The van der Waals surface area contributed by atoms with Crippen LogP contribution in [0.2, 0.25) is 0 Å². The SMILES string of the molecule is CCNC(C1=CCCCCCC1)C1CC1C. The van der Waals surface area contributed by atoms with Crippen molar-refractivity contribution in [3.05, 3.63) is 11.6 Å². The van der Waals surface area contributed by atoms with Crippen LogP contribution < -0.4 is 5.32 Å². The first kappa shape index (κ1) is 12.2. The van der Waals surface area contributed by atoms with Crippen molar-refractivity contribution in [2.45, 2.75) is 64.8 Å². The highest BCUT2D eigenvalue weighted by atomic mass is 14.9. The lowest BCUT2D eigenvalue weighted by molar-refractivity contribution is 0.482. The molecular formula is C15H27N. The molecule has 0 aliphatic heterocycles. The van der Waals surface area contributed by atoms with Crippen LogP contribution in [0.5, 0.6) is 0 Å². The normalized spacial score (nSPS) is 32.5. The zero-order chi connectivity index (χ0) is 11.4. The first-order chi connectivity index (χ1) is 7.83. The molecule has 0 aromatic heterocycles. The minimum absolute atomic E-state index is 0.707. The molecule has 0 spiro atoms. The molecular weight excluding hydrogens is 194 g/mol. The van der Waals surface area contributed by atoms with Gasteiger partial charge in [-0.1, -0.05) is 38.3 Å². The van der Waals surface area contributed by atoms with Gasteiger partial charge < -0.3 is 5.32 Å². The Morgan fingerprint density at radius 2 is 2.06 bits per heavy atom. The van der Waals surface area contributed by atoms with Crippen LogP contribution in [0.15, 0.2) is 11.6 Å². The summed E-state index contributed by atoms with van der Waals surface area (Å²) in [7, 11) is 0. The number of nitrogens with one attached hydrogen (secondary N) is 1.